The number of carbonyl (C=O) groups is 2. The number of nitrogens with zero attached hydrogens (tertiary/aromatic N) is 1. The third-order valence-corrected chi connectivity index (χ3v) is 3.69. The molecule has 0 amide bonds. The monoisotopic (exact) mass is 387 g/mol. The van der Waals surface area contributed by atoms with Crippen molar-refractivity contribution in [2.24, 2.45) is 11.1 Å². The van der Waals surface area contributed by atoms with Crippen molar-refractivity contribution in [1.29, 1.82) is 5.41 Å². The number of hydrogen-bond acceptors (Lipinski definition) is 6. The third-order valence-electron chi connectivity index (χ3n) is 3.69. The third kappa shape index (κ3) is 7.06. The molecule has 28 heavy (non-hydrogen) atoms. The van der Waals surface area contributed by atoms with Gasteiger partial charge in [0.25, 0.3) is 0 Å². The Kier molecular flexibility index (Phi) is 8.12. The maximum Gasteiger partial charge on any atom is 0.312 e. The van der Waals surface area contributed by atoms with Crippen molar-refractivity contribution >= 4 is 17.8 Å². The topological polar surface area (TPSA) is 136 Å². The number of carbonyl (C=O) groups excluding carboxylic acids is 1. The van der Waals surface area contributed by atoms with Crippen LogP contribution in [0.4, 0.5) is 0 Å². The molecule has 4 N–H and O–H groups in total. The lowest BCUT2D eigenvalue weighted by molar-refractivity contribution is -0.148. The van der Waals surface area contributed by atoms with Crippen molar-refractivity contribution in [3.05, 3.63) is 48.2 Å². The lowest BCUT2D eigenvalue weighted by atomic mass is 9.95. The van der Waals surface area contributed by atoms with E-state index in [9.17, 15) is 9.59 Å². The Morgan fingerprint density at radius 2 is 1.75 bits per heavy atom. The van der Waals surface area contributed by atoms with Crippen molar-refractivity contribution < 1.29 is 24.2 Å². The number of ether oxygens (including phenoxy) is 2. The first-order chi connectivity index (χ1) is 13.1. The lowest BCUT2D eigenvalue weighted by Gasteiger charge is -2.19. The van der Waals surface area contributed by atoms with Crippen molar-refractivity contribution in [2.45, 2.75) is 20.8 Å². The van der Waals surface area contributed by atoms with Crippen molar-refractivity contribution in [3.8, 4) is 17.0 Å². The molecule has 0 radical (unpaired) electrons. The summed E-state index contributed by atoms with van der Waals surface area (Å²) in [6, 6.07) is 10.8. The highest BCUT2D eigenvalue weighted by molar-refractivity contribution is 5.94. The molecule has 2 rings (SSSR count). The fraction of sp³-hybridized carbons (Fsp3) is 0.300. The Balaban J connectivity index is 0.000000696. The molecule has 0 saturated carbocycles. The summed E-state index contributed by atoms with van der Waals surface area (Å²) < 4.78 is 9.64. The first-order valence-corrected chi connectivity index (χ1v) is 8.38. The van der Waals surface area contributed by atoms with Crippen LogP contribution in [0, 0.1) is 10.8 Å². The number of aromatic nitrogens is 1. The van der Waals surface area contributed by atoms with E-state index in [0.29, 0.717) is 11.3 Å². The zero-order valence-electron chi connectivity index (χ0n) is 16.4. The molecule has 8 heteroatoms. The summed E-state index contributed by atoms with van der Waals surface area (Å²) >= 11 is 0. The van der Waals surface area contributed by atoms with Crippen LogP contribution in [0.5, 0.6) is 5.75 Å². The number of rotatable bonds is 6. The van der Waals surface area contributed by atoms with Crippen LogP contribution in [0.25, 0.3) is 11.3 Å². The van der Waals surface area contributed by atoms with Gasteiger partial charge in [-0.25, -0.2) is 0 Å². The molecular weight excluding hydrogens is 362 g/mol. The van der Waals surface area contributed by atoms with E-state index in [1.807, 2.05) is 12.1 Å². The first-order valence-electron chi connectivity index (χ1n) is 8.38. The van der Waals surface area contributed by atoms with Gasteiger partial charge in [0, 0.05) is 24.2 Å². The van der Waals surface area contributed by atoms with Crippen LogP contribution in [-0.4, -0.2) is 41.6 Å². The van der Waals surface area contributed by atoms with Crippen molar-refractivity contribution in [1.82, 2.24) is 4.98 Å². The highest BCUT2D eigenvalue weighted by Gasteiger charge is 2.28. The molecule has 0 spiro atoms. The zero-order chi connectivity index (χ0) is 21.3. The number of benzene rings is 1. The average molecular weight is 387 g/mol. The van der Waals surface area contributed by atoms with Gasteiger partial charge in [-0.2, -0.15) is 0 Å². The summed E-state index contributed by atoms with van der Waals surface area (Å²) in [5.74, 6) is -0.564. The number of carboxylic acids is 1. The molecule has 0 bridgehead atoms. The molecular formula is C20H25N3O5. The molecule has 0 atom stereocenters. The van der Waals surface area contributed by atoms with Crippen LogP contribution in [0.3, 0.4) is 0 Å². The molecule has 0 saturated heterocycles. The van der Waals surface area contributed by atoms with Gasteiger partial charge in [0.05, 0.1) is 18.2 Å². The molecule has 1 aromatic carbocycles. The summed E-state index contributed by atoms with van der Waals surface area (Å²) in [4.78, 5) is 24.9. The second kappa shape index (κ2) is 10.1. The Labute approximate surface area is 163 Å². The first kappa shape index (κ1) is 22.6. The number of hydrogen-bond donors (Lipinski definition) is 3. The van der Waals surface area contributed by atoms with E-state index in [1.165, 1.54) is 14.0 Å². The number of nitrogens with one attached hydrogen (secondary N) is 1. The van der Waals surface area contributed by atoms with Crippen LogP contribution >= 0.6 is 0 Å². The molecule has 0 aliphatic rings. The van der Waals surface area contributed by atoms with E-state index < -0.39 is 11.4 Å². The Morgan fingerprint density at radius 3 is 2.14 bits per heavy atom. The number of nitrogen functional groups attached to an aromatic ring is 1. The molecule has 8 nitrogen and oxygen atoms in total. The average Bonchev–Trinajstić information content (AvgIpc) is 2.67. The lowest BCUT2D eigenvalue weighted by Crippen LogP contribution is -2.30. The number of methoxy groups -OCH3 is 1. The van der Waals surface area contributed by atoms with Crippen LogP contribution in [0.2, 0.25) is 0 Å². The fourth-order valence-corrected chi connectivity index (χ4v) is 1.77. The van der Waals surface area contributed by atoms with E-state index in [0.717, 1.165) is 11.3 Å². The Morgan fingerprint density at radius 1 is 1.18 bits per heavy atom. The molecule has 0 aliphatic heterocycles. The predicted molar refractivity (Wildman–Crippen MR) is 105 cm³/mol. The van der Waals surface area contributed by atoms with Crippen molar-refractivity contribution in [2.75, 3.05) is 13.7 Å². The number of pyridine rings is 1. The van der Waals surface area contributed by atoms with Crippen molar-refractivity contribution in [3.63, 3.8) is 0 Å². The minimum absolute atomic E-state index is 0.0196. The summed E-state index contributed by atoms with van der Waals surface area (Å²) in [5, 5.41) is 16.4. The summed E-state index contributed by atoms with van der Waals surface area (Å²) in [7, 11) is 1.35. The highest BCUT2D eigenvalue weighted by atomic mass is 16.5. The molecule has 0 aliphatic carbocycles. The zero-order valence-corrected chi connectivity index (χ0v) is 16.4. The number of esters is 1. The van der Waals surface area contributed by atoms with Gasteiger partial charge in [0.2, 0.25) is 0 Å². The van der Waals surface area contributed by atoms with Gasteiger partial charge in [-0.1, -0.05) is 0 Å². The number of carboxylic acid groups (broad SMARTS) is 1. The number of nitrogens with two attached hydrogens (primary N) is 1. The molecule has 0 fully saturated rings. The standard InChI is InChI=1S/C17H19N3O3.C3H6O2/c1-17(2,16(21)22)10-23-13-6-3-11(4-7-13)14-8-5-12(9-20-14)15(18)19;1-3(4)5-2/h3-9H,10H2,1-2H3,(H3,18,19)(H,21,22);1-2H3. The van der Waals surface area contributed by atoms with E-state index in [2.05, 4.69) is 9.72 Å². The van der Waals surface area contributed by atoms with Gasteiger partial charge in [-0.15, -0.1) is 0 Å². The minimum atomic E-state index is -0.942. The van der Waals surface area contributed by atoms with Gasteiger partial charge >= 0.3 is 11.9 Å². The maximum absolute atomic E-state index is 11.0. The SMILES string of the molecule is CC(C)(COc1ccc(-c2ccc(C(=N)N)cn2)cc1)C(=O)O.COC(C)=O. The molecule has 2 aromatic rings. The van der Waals surface area contributed by atoms with E-state index >= 15 is 0 Å². The molecule has 0 unspecified atom stereocenters. The van der Waals surface area contributed by atoms with E-state index in [-0.39, 0.29) is 18.4 Å². The second-order valence-electron chi connectivity index (χ2n) is 6.54. The number of aliphatic carboxylic acids is 1. The molecule has 1 aromatic heterocycles. The maximum atomic E-state index is 11.0. The Hall–Kier alpha value is -3.42. The second-order valence-corrected chi connectivity index (χ2v) is 6.54. The minimum Gasteiger partial charge on any atom is -0.492 e. The summed E-state index contributed by atoms with van der Waals surface area (Å²) in [6.07, 6.45) is 1.55. The fourth-order valence-electron chi connectivity index (χ4n) is 1.77. The summed E-state index contributed by atoms with van der Waals surface area (Å²) in [5.41, 5.74) is 6.68. The van der Waals surface area contributed by atoms with Crippen LogP contribution in [-0.2, 0) is 14.3 Å². The van der Waals surface area contributed by atoms with Crippen LogP contribution in [0.1, 0.15) is 26.3 Å². The molecule has 1 heterocycles. The smallest absolute Gasteiger partial charge is 0.312 e. The summed E-state index contributed by atoms with van der Waals surface area (Å²) in [6.45, 7) is 4.68. The molecule has 150 valence electrons. The Bertz CT molecular complexity index is 815. The van der Waals surface area contributed by atoms with Gasteiger partial charge in [-0.3, -0.25) is 20.0 Å². The van der Waals surface area contributed by atoms with E-state index in [4.69, 9.17) is 21.0 Å². The number of amidine groups is 1. The highest BCUT2D eigenvalue weighted by Crippen LogP contribution is 2.23. The van der Waals surface area contributed by atoms with Gasteiger partial charge < -0.3 is 20.3 Å². The predicted octanol–water partition coefficient (Wildman–Crippen LogP) is 2.70. The van der Waals surface area contributed by atoms with Crippen LogP contribution < -0.4 is 10.5 Å². The van der Waals surface area contributed by atoms with Crippen LogP contribution in [0.15, 0.2) is 42.6 Å². The quantitative estimate of drug-likeness (QED) is 0.394. The van der Waals surface area contributed by atoms with Gasteiger partial charge in [0.15, 0.2) is 0 Å². The normalized spacial score (nSPS) is 10.3. The van der Waals surface area contributed by atoms with Gasteiger partial charge in [-0.05, 0) is 50.2 Å². The largest absolute Gasteiger partial charge is 0.492 e. The van der Waals surface area contributed by atoms with Gasteiger partial charge in [0.1, 0.15) is 18.2 Å². The van der Waals surface area contributed by atoms with E-state index in [1.54, 1.807) is 44.3 Å².